The molecule has 1 unspecified atom stereocenters. The molecule has 0 radical (unpaired) electrons. The molecule has 0 bridgehead atoms. The summed E-state index contributed by atoms with van der Waals surface area (Å²) in [5.41, 5.74) is 2.01. The predicted molar refractivity (Wildman–Crippen MR) is 85.8 cm³/mol. The van der Waals surface area contributed by atoms with Gasteiger partial charge >= 0.3 is 0 Å². The summed E-state index contributed by atoms with van der Waals surface area (Å²) in [7, 11) is 1.95. The van der Waals surface area contributed by atoms with Crippen LogP contribution in [0, 0.1) is 6.92 Å². The van der Waals surface area contributed by atoms with Crippen LogP contribution in [0.5, 0.6) is 11.5 Å². The summed E-state index contributed by atoms with van der Waals surface area (Å²) in [6.07, 6.45) is 0. The topological polar surface area (TPSA) is 43.4 Å². The zero-order valence-electron chi connectivity index (χ0n) is 12.2. The van der Waals surface area contributed by atoms with Gasteiger partial charge in [-0.1, -0.05) is 11.6 Å². The first-order valence-electron chi connectivity index (χ1n) is 6.84. The largest absolute Gasteiger partial charge is 0.486 e. The molecule has 0 fully saturated rings. The Balaban J connectivity index is 2.03. The van der Waals surface area contributed by atoms with Crippen LogP contribution in [0.15, 0.2) is 12.1 Å². The predicted octanol–water partition coefficient (Wildman–Crippen LogP) is 3.82. The van der Waals surface area contributed by atoms with Crippen LogP contribution in [0.3, 0.4) is 0 Å². The molecule has 1 aliphatic rings. The second-order valence-electron chi connectivity index (χ2n) is 4.96. The van der Waals surface area contributed by atoms with Gasteiger partial charge < -0.3 is 14.8 Å². The maximum Gasteiger partial charge on any atom is 0.179 e. The van der Waals surface area contributed by atoms with Gasteiger partial charge in [-0.3, -0.25) is 0 Å². The molecule has 3 rings (SSSR count). The molecule has 1 aromatic heterocycles. The maximum absolute atomic E-state index is 6.29. The molecule has 2 heterocycles. The Morgan fingerprint density at radius 1 is 1.33 bits per heavy atom. The molecule has 2 aromatic rings. The number of ether oxygens (including phenoxy) is 2. The van der Waals surface area contributed by atoms with E-state index >= 15 is 0 Å². The number of hydrogen-bond donors (Lipinski definition) is 1. The molecule has 1 aromatic carbocycles. The highest BCUT2D eigenvalue weighted by atomic mass is 35.5. The van der Waals surface area contributed by atoms with E-state index in [1.54, 1.807) is 11.3 Å². The van der Waals surface area contributed by atoms with E-state index in [4.69, 9.17) is 21.1 Å². The number of aryl methyl sites for hydroxylation is 1. The number of benzene rings is 1. The van der Waals surface area contributed by atoms with Gasteiger partial charge in [-0.15, -0.1) is 11.3 Å². The lowest BCUT2D eigenvalue weighted by molar-refractivity contribution is 0.172. The van der Waals surface area contributed by atoms with Crippen LogP contribution in [0.2, 0.25) is 5.02 Å². The van der Waals surface area contributed by atoms with Crippen molar-refractivity contribution in [1.82, 2.24) is 10.3 Å². The first-order valence-corrected chi connectivity index (χ1v) is 8.03. The molecular weight excluding hydrogens is 308 g/mol. The Kier molecular flexibility index (Phi) is 4.06. The fourth-order valence-corrected chi connectivity index (χ4v) is 3.68. The highest BCUT2D eigenvalue weighted by Crippen LogP contribution is 2.42. The Morgan fingerprint density at radius 2 is 2.10 bits per heavy atom. The molecule has 0 saturated heterocycles. The van der Waals surface area contributed by atoms with Crippen LogP contribution in [-0.4, -0.2) is 25.2 Å². The van der Waals surface area contributed by atoms with E-state index in [1.807, 2.05) is 26.1 Å². The lowest BCUT2D eigenvalue weighted by Gasteiger charge is -2.19. The second kappa shape index (κ2) is 5.83. The monoisotopic (exact) mass is 324 g/mol. The molecule has 1 N–H and O–H groups in total. The van der Waals surface area contributed by atoms with Gasteiger partial charge in [0, 0.05) is 16.5 Å². The minimum atomic E-state index is 0.281. The van der Waals surface area contributed by atoms with Crippen molar-refractivity contribution < 1.29 is 9.47 Å². The second-order valence-corrected chi connectivity index (χ2v) is 6.40. The molecule has 0 aliphatic carbocycles. The molecule has 4 nitrogen and oxygen atoms in total. The highest BCUT2D eigenvalue weighted by molar-refractivity contribution is 7.15. The lowest BCUT2D eigenvalue weighted by Crippen LogP contribution is -2.15. The van der Waals surface area contributed by atoms with Gasteiger partial charge in [-0.05, 0) is 33.0 Å². The van der Waals surface area contributed by atoms with E-state index in [9.17, 15) is 0 Å². The van der Waals surface area contributed by atoms with Gasteiger partial charge in [-0.2, -0.15) is 0 Å². The van der Waals surface area contributed by atoms with E-state index in [1.165, 1.54) is 4.88 Å². The Morgan fingerprint density at radius 3 is 2.86 bits per heavy atom. The van der Waals surface area contributed by atoms with Gasteiger partial charge in [-0.25, -0.2) is 4.98 Å². The van der Waals surface area contributed by atoms with Gasteiger partial charge in [0.05, 0.1) is 10.7 Å². The van der Waals surface area contributed by atoms with Crippen LogP contribution in [0.25, 0.3) is 10.6 Å². The zero-order valence-corrected chi connectivity index (χ0v) is 13.8. The van der Waals surface area contributed by atoms with E-state index < -0.39 is 0 Å². The average molecular weight is 325 g/mol. The van der Waals surface area contributed by atoms with E-state index in [0.717, 1.165) is 16.3 Å². The number of halogens is 1. The molecule has 1 atom stereocenters. The van der Waals surface area contributed by atoms with Crippen molar-refractivity contribution in [3.63, 3.8) is 0 Å². The van der Waals surface area contributed by atoms with Crippen LogP contribution in [0.1, 0.15) is 23.5 Å². The molecule has 6 heteroatoms. The zero-order chi connectivity index (χ0) is 15.0. The normalized spacial score (nSPS) is 15.0. The van der Waals surface area contributed by atoms with Gasteiger partial charge in [0.15, 0.2) is 11.5 Å². The molecule has 0 spiro atoms. The van der Waals surface area contributed by atoms with Gasteiger partial charge in [0.1, 0.15) is 18.2 Å². The number of fused-ring (bicyclic) bond motifs is 1. The molecule has 1 aliphatic heterocycles. The number of rotatable bonds is 3. The minimum absolute atomic E-state index is 0.281. The smallest absolute Gasteiger partial charge is 0.179 e. The number of nitrogens with one attached hydrogen (secondary N) is 1. The number of aromatic nitrogens is 1. The summed E-state index contributed by atoms with van der Waals surface area (Å²) in [4.78, 5) is 5.90. The summed E-state index contributed by atoms with van der Waals surface area (Å²) in [6.45, 7) is 5.24. The van der Waals surface area contributed by atoms with Crippen molar-refractivity contribution in [2.24, 2.45) is 0 Å². The Bertz CT molecular complexity index is 672. The molecule has 0 amide bonds. The third kappa shape index (κ3) is 2.73. The minimum Gasteiger partial charge on any atom is -0.486 e. The quantitative estimate of drug-likeness (QED) is 0.932. The van der Waals surface area contributed by atoms with Crippen molar-refractivity contribution in [3.8, 4) is 22.1 Å². The van der Waals surface area contributed by atoms with E-state index in [0.29, 0.717) is 29.7 Å². The summed E-state index contributed by atoms with van der Waals surface area (Å²) < 4.78 is 11.2. The number of thiazole rings is 1. The standard InChI is InChI=1S/C15H17ClN2O2S/c1-8(17-3)14-9(2)18-15(21-14)10-6-11(16)13-12(7-10)19-4-5-20-13/h6-8,17H,4-5H2,1-3H3. The van der Waals surface area contributed by atoms with Crippen LogP contribution in [-0.2, 0) is 0 Å². The third-order valence-electron chi connectivity index (χ3n) is 3.50. The van der Waals surface area contributed by atoms with Gasteiger partial charge in [0.2, 0.25) is 0 Å². The molecule has 0 saturated carbocycles. The first kappa shape index (κ1) is 14.6. The van der Waals surface area contributed by atoms with Crippen molar-refractivity contribution >= 4 is 22.9 Å². The van der Waals surface area contributed by atoms with Crippen molar-refractivity contribution in [2.75, 3.05) is 20.3 Å². The van der Waals surface area contributed by atoms with Crippen molar-refractivity contribution in [3.05, 3.63) is 27.7 Å². The summed E-state index contributed by atoms with van der Waals surface area (Å²) in [5.74, 6) is 1.32. The summed E-state index contributed by atoms with van der Waals surface area (Å²) in [5, 5.41) is 4.76. The Hall–Kier alpha value is -1.30. The maximum atomic E-state index is 6.29. The fraction of sp³-hybridized carbons (Fsp3) is 0.400. The van der Waals surface area contributed by atoms with Crippen LogP contribution in [0.4, 0.5) is 0 Å². The van der Waals surface area contributed by atoms with Gasteiger partial charge in [0.25, 0.3) is 0 Å². The number of hydrogen-bond acceptors (Lipinski definition) is 5. The van der Waals surface area contributed by atoms with E-state index in [2.05, 4.69) is 17.2 Å². The van der Waals surface area contributed by atoms with Crippen molar-refractivity contribution in [2.45, 2.75) is 19.9 Å². The first-order chi connectivity index (χ1) is 10.1. The third-order valence-corrected chi connectivity index (χ3v) is 5.17. The lowest BCUT2D eigenvalue weighted by atomic mass is 10.2. The summed E-state index contributed by atoms with van der Waals surface area (Å²) >= 11 is 7.97. The van der Waals surface area contributed by atoms with Crippen molar-refractivity contribution in [1.29, 1.82) is 0 Å². The number of nitrogens with zero attached hydrogens (tertiary/aromatic N) is 1. The molecule has 112 valence electrons. The SMILES string of the molecule is CNC(C)c1sc(-c2cc(Cl)c3c(c2)OCCO3)nc1C. The van der Waals surface area contributed by atoms with Crippen LogP contribution >= 0.6 is 22.9 Å². The Labute approximate surface area is 133 Å². The average Bonchev–Trinajstić information content (AvgIpc) is 2.88. The molecule has 21 heavy (non-hydrogen) atoms. The highest BCUT2D eigenvalue weighted by Gasteiger charge is 2.20. The summed E-state index contributed by atoms with van der Waals surface area (Å²) in [6, 6.07) is 4.12. The molecular formula is C15H17ClN2O2S. The van der Waals surface area contributed by atoms with Crippen LogP contribution < -0.4 is 14.8 Å². The fourth-order valence-electron chi connectivity index (χ4n) is 2.30. The van der Waals surface area contributed by atoms with E-state index in [-0.39, 0.29) is 6.04 Å².